The molecule has 4 aromatic rings. The van der Waals surface area contributed by atoms with Crippen molar-refractivity contribution in [2.75, 3.05) is 45.7 Å². The van der Waals surface area contributed by atoms with Gasteiger partial charge in [0.15, 0.2) is 29.9 Å². The van der Waals surface area contributed by atoms with Gasteiger partial charge >= 0.3 is 11.9 Å². The zero-order chi connectivity index (χ0) is 38.4. The second-order valence-corrected chi connectivity index (χ2v) is 13.9. The van der Waals surface area contributed by atoms with Gasteiger partial charge in [-0.25, -0.2) is 9.18 Å². The lowest BCUT2D eigenvalue weighted by atomic mass is 9.86. The molecule has 1 aromatic heterocycles. The smallest absolute Gasteiger partial charge is 0.333 e. The van der Waals surface area contributed by atoms with Crippen molar-refractivity contribution in [1.82, 2.24) is 10.2 Å². The third-order valence-electron chi connectivity index (χ3n) is 9.65. The van der Waals surface area contributed by atoms with Crippen LogP contribution in [0.4, 0.5) is 10.1 Å². The van der Waals surface area contributed by atoms with E-state index in [2.05, 4.69) is 15.5 Å². The van der Waals surface area contributed by atoms with Crippen LogP contribution in [0.15, 0.2) is 79.1 Å². The van der Waals surface area contributed by atoms with Crippen LogP contribution in [0.5, 0.6) is 11.5 Å². The van der Waals surface area contributed by atoms with E-state index in [1.807, 2.05) is 0 Å². The van der Waals surface area contributed by atoms with Crippen molar-refractivity contribution in [3.63, 3.8) is 0 Å². The summed E-state index contributed by atoms with van der Waals surface area (Å²) in [5, 5.41) is 17.6. The van der Waals surface area contributed by atoms with Gasteiger partial charge in [-0.3, -0.25) is 14.5 Å². The van der Waals surface area contributed by atoms with E-state index in [0.717, 1.165) is 38.3 Å². The number of nitrogens with one attached hydrogen (secondary N) is 2. The van der Waals surface area contributed by atoms with Crippen LogP contribution in [0.1, 0.15) is 52.0 Å². The fourth-order valence-electron chi connectivity index (χ4n) is 6.80. The third kappa shape index (κ3) is 9.15. The zero-order valence-corrected chi connectivity index (χ0v) is 31.1. The topological polar surface area (TPSA) is 142 Å². The summed E-state index contributed by atoms with van der Waals surface area (Å²) in [6, 6.07) is 16.0. The van der Waals surface area contributed by atoms with Gasteiger partial charge in [-0.15, -0.1) is 0 Å². The number of anilines is 1. The van der Waals surface area contributed by atoms with E-state index in [4.69, 9.17) is 42.1 Å². The molecule has 2 bridgehead atoms. The van der Waals surface area contributed by atoms with Gasteiger partial charge in [0.1, 0.15) is 34.6 Å². The second kappa shape index (κ2) is 17.4. The Morgan fingerprint density at radius 2 is 1.69 bits per heavy atom. The molecule has 3 aromatic carbocycles. The molecule has 15 heteroatoms. The van der Waals surface area contributed by atoms with Crippen LogP contribution < -0.4 is 24.8 Å². The SMILES string of the molecule is COc1ccc(C(Cc2c(Cl)c[n+]([O-])cc2Cl)OC(=O)CNC(=O)c2cccc(NC(C(=O)O[C@H]3CN4CCC3CC4)c3ccccc3F)c2)cc1OC. The lowest BCUT2D eigenvalue weighted by molar-refractivity contribution is -0.605. The first-order valence-electron chi connectivity index (χ1n) is 17.3. The number of rotatable bonds is 14. The first-order valence-corrected chi connectivity index (χ1v) is 18.1. The summed E-state index contributed by atoms with van der Waals surface area (Å²) in [6.07, 6.45) is 2.90. The number of carbonyl (C=O) groups is 3. The van der Waals surface area contributed by atoms with Crippen LogP contribution in [0.2, 0.25) is 10.0 Å². The van der Waals surface area contributed by atoms with Crippen molar-refractivity contribution < 1.29 is 42.5 Å². The van der Waals surface area contributed by atoms with Gasteiger partial charge in [-0.05, 0) is 73.8 Å². The van der Waals surface area contributed by atoms with Gasteiger partial charge in [-0.1, -0.05) is 53.5 Å². The number of pyridine rings is 1. The molecule has 3 aliphatic rings. The van der Waals surface area contributed by atoms with Crippen LogP contribution in [0, 0.1) is 16.9 Å². The Morgan fingerprint density at radius 1 is 0.963 bits per heavy atom. The fraction of sp³-hybridized carbons (Fsp3) is 0.333. The van der Waals surface area contributed by atoms with Crippen molar-refractivity contribution in [3.8, 4) is 11.5 Å². The molecule has 2 unspecified atom stereocenters. The molecule has 1 amide bonds. The van der Waals surface area contributed by atoms with Crippen LogP contribution >= 0.6 is 23.2 Å². The molecule has 3 fully saturated rings. The Kier molecular flexibility index (Phi) is 12.4. The highest BCUT2D eigenvalue weighted by molar-refractivity contribution is 6.35. The van der Waals surface area contributed by atoms with Gasteiger partial charge in [0.2, 0.25) is 0 Å². The minimum absolute atomic E-state index is 0.00728. The molecule has 12 nitrogen and oxygen atoms in total. The minimum Gasteiger partial charge on any atom is -0.619 e. The van der Waals surface area contributed by atoms with Crippen molar-refractivity contribution in [1.29, 1.82) is 0 Å². The molecular formula is C39H39Cl2FN4O8. The zero-order valence-electron chi connectivity index (χ0n) is 29.6. The number of ether oxygens (including phenoxy) is 4. The molecule has 0 aliphatic carbocycles. The summed E-state index contributed by atoms with van der Waals surface area (Å²) in [7, 11) is 2.95. The summed E-state index contributed by atoms with van der Waals surface area (Å²) in [5.41, 5.74) is 1.50. The Morgan fingerprint density at radius 3 is 2.35 bits per heavy atom. The van der Waals surface area contributed by atoms with Gasteiger partial charge in [-0.2, -0.15) is 4.73 Å². The van der Waals surface area contributed by atoms with Crippen LogP contribution in [-0.2, 0) is 25.5 Å². The second-order valence-electron chi connectivity index (χ2n) is 13.1. The highest BCUT2D eigenvalue weighted by Crippen LogP contribution is 2.36. The minimum atomic E-state index is -1.19. The maximum absolute atomic E-state index is 15.1. The normalized spacial score (nSPS) is 18.6. The molecule has 3 aliphatic heterocycles. The standard InChI is InChI=1S/C39H39Cl2FN4O8/c1-51-32-11-10-24(17-34(32)52-2)33(18-28-29(40)20-46(50)21-30(28)41)53-36(47)19-43-38(48)25-6-5-7-26(16-25)44-37(27-8-3-4-9-31(27)42)39(49)54-35-22-45-14-12-23(35)13-15-45/h3-11,16-17,20-21,23,33,35,37,44H,12-15,18-19,22H2,1-2H3,(H,43,48)/t33?,35-,37?/m0/s1. The van der Waals surface area contributed by atoms with Gasteiger partial charge < -0.3 is 34.8 Å². The molecule has 7 rings (SSSR count). The molecule has 2 N–H and O–H groups in total. The lowest BCUT2D eigenvalue weighted by Crippen LogP contribution is -2.52. The number of halogens is 3. The van der Waals surface area contributed by atoms with E-state index in [1.54, 1.807) is 36.4 Å². The molecule has 4 heterocycles. The maximum Gasteiger partial charge on any atom is 0.333 e. The molecule has 284 valence electrons. The van der Waals surface area contributed by atoms with Gasteiger partial charge in [0.05, 0.1) is 14.2 Å². The highest BCUT2D eigenvalue weighted by atomic mass is 35.5. The third-order valence-corrected chi connectivity index (χ3v) is 10.3. The number of nitrogens with zero attached hydrogens (tertiary/aromatic N) is 2. The van der Waals surface area contributed by atoms with E-state index in [0.29, 0.717) is 39.6 Å². The quantitative estimate of drug-likeness (QED) is 0.0912. The Hall–Kier alpha value is -5.11. The van der Waals surface area contributed by atoms with Crippen molar-refractivity contribution >= 4 is 46.7 Å². The number of benzene rings is 3. The fourth-order valence-corrected chi connectivity index (χ4v) is 7.40. The number of esters is 2. The maximum atomic E-state index is 15.1. The summed E-state index contributed by atoms with van der Waals surface area (Å²) >= 11 is 12.7. The number of aromatic nitrogens is 1. The van der Waals surface area contributed by atoms with Gasteiger partial charge in [0.25, 0.3) is 5.91 Å². The predicted molar refractivity (Wildman–Crippen MR) is 198 cm³/mol. The predicted octanol–water partition coefficient (Wildman–Crippen LogP) is 5.83. The number of piperidine rings is 3. The van der Waals surface area contributed by atoms with Crippen molar-refractivity contribution in [2.24, 2.45) is 5.92 Å². The molecule has 0 radical (unpaired) electrons. The Labute approximate surface area is 321 Å². The number of fused-ring (bicyclic) bond motifs is 3. The van der Waals surface area contributed by atoms with E-state index in [-0.39, 0.29) is 39.6 Å². The number of carbonyl (C=O) groups excluding carboxylic acids is 3. The molecule has 3 saturated heterocycles. The summed E-state index contributed by atoms with van der Waals surface area (Å²) < 4.78 is 38.1. The highest BCUT2D eigenvalue weighted by Gasteiger charge is 2.38. The Balaban J connectivity index is 1.15. The molecular weight excluding hydrogens is 742 g/mol. The van der Waals surface area contributed by atoms with E-state index < -0.39 is 42.4 Å². The summed E-state index contributed by atoms with van der Waals surface area (Å²) in [4.78, 5) is 42.4. The number of hydrogen-bond acceptors (Lipinski definition) is 10. The Bertz CT molecular complexity index is 1990. The average Bonchev–Trinajstić information content (AvgIpc) is 3.17. The van der Waals surface area contributed by atoms with E-state index in [1.165, 1.54) is 44.6 Å². The van der Waals surface area contributed by atoms with Crippen LogP contribution in [-0.4, -0.2) is 69.2 Å². The van der Waals surface area contributed by atoms with Gasteiger partial charge in [0, 0.05) is 35.3 Å². The van der Waals surface area contributed by atoms with Crippen LogP contribution in [0.3, 0.4) is 0 Å². The molecule has 54 heavy (non-hydrogen) atoms. The number of hydrogen-bond donors (Lipinski definition) is 2. The van der Waals surface area contributed by atoms with E-state index >= 15 is 4.39 Å². The lowest BCUT2D eigenvalue weighted by Gasteiger charge is -2.44. The number of methoxy groups -OCH3 is 2. The van der Waals surface area contributed by atoms with E-state index in [9.17, 15) is 19.6 Å². The first-order chi connectivity index (χ1) is 26.0. The average molecular weight is 782 g/mol. The molecule has 0 spiro atoms. The number of amides is 1. The monoisotopic (exact) mass is 780 g/mol. The van der Waals surface area contributed by atoms with Crippen molar-refractivity contribution in [3.05, 3.63) is 122 Å². The van der Waals surface area contributed by atoms with Crippen molar-refractivity contribution in [2.45, 2.75) is 37.5 Å². The van der Waals surface area contributed by atoms with Crippen LogP contribution in [0.25, 0.3) is 0 Å². The summed E-state index contributed by atoms with van der Waals surface area (Å²) in [6.45, 7) is 2.07. The first kappa shape index (κ1) is 38.6. The molecule has 3 atom stereocenters. The largest absolute Gasteiger partial charge is 0.619 e. The molecule has 0 saturated carbocycles. The summed E-state index contributed by atoms with van der Waals surface area (Å²) in [5.74, 6) is -1.50.